The molecule has 0 aliphatic carbocycles. The summed E-state index contributed by atoms with van der Waals surface area (Å²) in [7, 11) is 0. The Morgan fingerprint density at radius 3 is 2.87 bits per heavy atom. The van der Waals surface area contributed by atoms with E-state index >= 15 is 0 Å². The molecule has 31 heavy (non-hydrogen) atoms. The van der Waals surface area contributed by atoms with Gasteiger partial charge in [0.05, 0.1) is 17.1 Å². The highest BCUT2D eigenvalue weighted by molar-refractivity contribution is 6.08. The highest BCUT2D eigenvalue weighted by Gasteiger charge is 2.42. The molecule has 2 aliphatic heterocycles. The molecule has 1 saturated heterocycles. The van der Waals surface area contributed by atoms with Gasteiger partial charge in [-0.25, -0.2) is 19.7 Å². The molecule has 160 valence electrons. The number of amides is 3. The molecule has 3 amide bonds. The van der Waals surface area contributed by atoms with Crippen LogP contribution in [0.3, 0.4) is 0 Å². The molecule has 0 spiro atoms. The van der Waals surface area contributed by atoms with Crippen molar-refractivity contribution in [2.24, 2.45) is 0 Å². The van der Waals surface area contributed by atoms with Crippen LogP contribution in [0.15, 0.2) is 12.1 Å². The number of nitrogens with one attached hydrogen (secondary N) is 3. The van der Waals surface area contributed by atoms with Crippen molar-refractivity contribution in [1.82, 2.24) is 30.5 Å². The van der Waals surface area contributed by atoms with Crippen LogP contribution < -0.4 is 20.4 Å². The van der Waals surface area contributed by atoms with Gasteiger partial charge in [0.15, 0.2) is 17.3 Å². The van der Waals surface area contributed by atoms with Gasteiger partial charge in [-0.3, -0.25) is 20.1 Å². The van der Waals surface area contributed by atoms with Gasteiger partial charge in [-0.1, -0.05) is 0 Å². The predicted octanol–water partition coefficient (Wildman–Crippen LogP) is 1.75. The molecular weight excluding hydrogens is 398 g/mol. The third-order valence-corrected chi connectivity index (χ3v) is 5.66. The number of hydrogen-bond acceptors (Lipinski definition) is 7. The second-order valence-electron chi connectivity index (χ2n) is 7.77. The number of aromatic amines is 1. The highest BCUT2D eigenvalue weighted by Crippen LogP contribution is 2.40. The maximum absolute atomic E-state index is 13.4. The fraction of sp³-hybridized carbons (Fsp3) is 0.400. The molecule has 1 atom stereocenters. The molecule has 2 aliphatic rings. The van der Waals surface area contributed by atoms with Crippen molar-refractivity contribution >= 4 is 40.3 Å². The number of anilines is 3. The fourth-order valence-electron chi connectivity index (χ4n) is 4.28. The van der Waals surface area contributed by atoms with Gasteiger partial charge in [-0.2, -0.15) is 5.10 Å². The van der Waals surface area contributed by atoms with Gasteiger partial charge in [0.25, 0.3) is 5.91 Å². The molecule has 3 N–H and O–H groups in total. The van der Waals surface area contributed by atoms with Crippen LogP contribution in [0.4, 0.5) is 22.1 Å². The van der Waals surface area contributed by atoms with Crippen molar-refractivity contribution in [2.45, 2.75) is 33.2 Å². The maximum atomic E-state index is 13.4. The van der Waals surface area contributed by atoms with Crippen LogP contribution in [0.25, 0.3) is 11.0 Å². The largest absolute Gasteiger partial charge is 0.365 e. The molecule has 0 saturated carbocycles. The fourth-order valence-corrected chi connectivity index (χ4v) is 4.28. The number of pyridine rings is 1. The van der Waals surface area contributed by atoms with E-state index in [0.717, 1.165) is 29.7 Å². The Kier molecular flexibility index (Phi) is 4.45. The molecular formula is C20H23N9O2. The summed E-state index contributed by atoms with van der Waals surface area (Å²) in [4.78, 5) is 42.9. The predicted molar refractivity (Wildman–Crippen MR) is 116 cm³/mol. The average molecular weight is 421 g/mol. The van der Waals surface area contributed by atoms with Crippen molar-refractivity contribution < 1.29 is 9.59 Å². The van der Waals surface area contributed by atoms with E-state index in [1.54, 1.807) is 4.90 Å². The van der Waals surface area contributed by atoms with Crippen molar-refractivity contribution in [3.8, 4) is 0 Å². The van der Waals surface area contributed by atoms with Crippen LogP contribution in [0.1, 0.15) is 35.4 Å². The van der Waals surface area contributed by atoms with E-state index in [9.17, 15) is 9.59 Å². The standard InChI is InChI=1S/C20H23N9O2/c1-4-21-19(30)17-23-11(3)14-18(24-17)29(12-7-8-28(14)9-12)20(31)25-16-13-6-5-10(2)22-15(13)26-27-16/h5-6,12H,4,7-9H2,1-3H3,(H,21,30)(H2,22,25,26,27,31). The number of rotatable bonds is 3. The summed E-state index contributed by atoms with van der Waals surface area (Å²) in [6.07, 6.45) is 0.807. The Bertz CT molecular complexity index is 1200. The van der Waals surface area contributed by atoms with Crippen molar-refractivity contribution in [3.05, 3.63) is 29.3 Å². The molecule has 11 heteroatoms. The minimum Gasteiger partial charge on any atom is -0.365 e. The van der Waals surface area contributed by atoms with Gasteiger partial charge in [-0.05, 0) is 39.3 Å². The molecule has 5 rings (SSSR count). The minimum atomic E-state index is -0.360. The number of aryl methyl sites for hydroxylation is 2. The van der Waals surface area contributed by atoms with Crippen LogP contribution >= 0.6 is 0 Å². The Hall–Kier alpha value is -3.76. The van der Waals surface area contributed by atoms with E-state index in [1.165, 1.54) is 0 Å². The van der Waals surface area contributed by atoms with E-state index < -0.39 is 0 Å². The van der Waals surface area contributed by atoms with Gasteiger partial charge in [0.1, 0.15) is 5.69 Å². The minimum absolute atomic E-state index is 0.0468. The Labute approximate surface area is 178 Å². The second-order valence-corrected chi connectivity index (χ2v) is 7.77. The molecule has 0 radical (unpaired) electrons. The van der Waals surface area contributed by atoms with E-state index in [2.05, 4.69) is 40.7 Å². The van der Waals surface area contributed by atoms with Crippen LogP contribution in [0.5, 0.6) is 0 Å². The first kappa shape index (κ1) is 19.2. The summed E-state index contributed by atoms with van der Waals surface area (Å²) in [6, 6.07) is 3.35. The first-order chi connectivity index (χ1) is 15.0. The molecule has 1 fully saturated rings. The molecule has 11 nitrogen and oxygen atoms in total. The Morgan fingerprint density at radius 1 is 1.23 bits per heavy atom. The van der Waals surface area contributed by atoms with Gasteiger partial charge in [-0.15, -0.1) is 0 Å². The van der Waals surface area contributed by atoms with Crippen LogP contribution in [0, 0.1) is 13.8 Å². The van der Waals surface area contributed by atoms with E-state index in [4.69, 9.17) is 0 Å². The zero-order valence-electron chi connectivity index (χ0n) is 17.6. The number of urea groups is 1. The molecule has 1 unspecified atom stereocenters. The molecule has 5 heterocycles. The van der Waals surface area contributed by atoms with Crippen LogP contribution in [0.2, 0.25) is 0 Å². The lowest BCUT2D eigenvalue weighted by Crippen LogP contribution is -2.49. The molecule has 2 bridgehead atoms. The highest BCUT2D eigenvalue weighted by atomic mass is 16.2. The number of aromatic nitrogens is 5. The van der Waals surface area contributed by atoms with Crippen molar-refractivity contribution in [3.63, 3.8) is 0 Å². The summed E-state index contributed by atoms with van der Waals surface area (Å²) in [6.45, 7) is 7.54. The number of hydrogen-bond donors (Lipinski definition) is 3. The summed E-state index contributed by atoms with van der Waals surface area (Å²) in [5, 5.41) is 13.4. The zero-order valence-corrected chi connectivity index (χ0v) is 17.6. The van der Waals surface area contributed by atoms with Crippen LogP contribution in [-0.4, -0.2) is 62.8 Å². The van der Waals surface area contributed by atoms with E-state index in [-0.39, 0.29) is 23.8 Å². The first-order valence-electron chi connectivity index (χ1n) is 10.3. The van der Waals surface area contributed by atoms with Gasteiger partial charge < -0.3 is 10.2 Å². The molecule has 3 aromatic heterocycles. The van der Waals surface area contributed by atoms with E-state index in [0.29, 0.717) is 36.1 Å². The van der Waals surface area contributed by atoms with Crippen LogP contribution in [-0.2, 0) is 0 Å². The Balaban J connectivity index is 1.53. The summed E-state index contributed by atoms with van der Waals surface area (Å²) >= 11 is 0. The summed E-state index contributed by atoms with van der Waals surface area (Å²) < 4.78 is 0. The zero-order chi connectivity index (χ0) is 21.7. The third-order valence-electron chi connectivity index (χ3n) is 5.66. The number of carbonyl (C=O) groups excluding carboxylic acids is 2. The monoisotopic (exact) mass is 421 g/mol. The second kappa shape index (κ2) is 7.18. The topological polar surface area (TPSA) is 132 Å². The van der Waals surface area contributed by atoms with E-state index in [1.807, 2.05) is 32.9 Å². The lowest BCUT2D eigenvalue weighted by molar-refractivity contribution is 0.0945. The lowest BCUT2D eigenvalue weighted by Gasteiger charge is -2.36. The number of fused-ring (bicyclic) bond motifs is 5. The normalized spacial score (nSPS) is 17.1. The lowest BCUT2D eigenvalue weighted by atomic mass is 10.1. The number of carbonyl (C=O) groups is 2. The maximum Gasteiger partial charge on any atom is 0.329 e. The summed E-state index contributed by atoms with van der Waals surface area (Å²) in [5.74, 6) is 0.558. The molecule has 0 aromatic carbocycles. The number of H-pyrrole nitrogens is 1. The Morgan fingerprint density at radius 2 is 2.06 bits per heavy atom. The van der Waals surface area contributed by atoms with Gasteiger partial charge in [0.2, 0.25) is 5.82 Å². The molecule has 3 aromatic rings. The van der Waals surface area contributed by atoms with Gasteiger partial charge >= 0.3 is 6.03 Å². The third kappa shape index (κ3) is 3.13. The average Bonchev–Trinajstić information content (AvgIpc) is 3.32. The number of nitrogens with zero attached hydrogens (tertiary/aromatic N) is 6. The first-order valence-corrected chi connectivity index (χ1v) is 10.3. The summed E-state index contributed by atoms with van der Waals surface area (Å²) in [5.41, 5.74) is 2.93. The quantitative estimate of drug-likeness (QED) is 0.587. The van der Waals surface area contributed by atoms with Crippen molar-refractivity contribution in [1.29, 1.82) is 0 Å². The van der Waals surface area contributed by atoms with Crippen molar-refractivity contribution in [2.75, 3.05) is 34.8 Å². The van der Waals surface area contributed by atoms with Gasteiger partial charge in [0, 0.05) is 25.3 Å². The smallest absolute Gasteiger partial charge is 0.329 e. The SMILES string of the molecule is CCNC(=O)c1nc(C)c2c(n1)N(C(=O)Nc1n[nH]c3nc(C)ccc13)C1CCN2C1.